The van der Waals surface area contributed by atoms with Crippen LogP contribution >= 0.6 is 0 Å². The normalized spacial score (nSPS) is 12.2. The average Bonchev–Trinajstić information content (AvgIpc) is 2.38. The lowest BCUT2D eigenvalue weighted by molar-refractivity contribution is -0.139. The van der Waals surface area contributed by atoms with Crippen LogP contribution in [0.15, 0.2) is 12.2 Å². The molecule has 1 atom stereocenters. The Hall–Kier alpha value is -0.830. The van der Waals surface area contributed by atoms with E-state index >= 15 is 0 Å². The van der Waals surface area contributed by atoms with Gasteiger partial charge in [-0.15, -0.1) is 0 Å². The van der Waals surface area contributed by atoms with Crippen molar-refractivity contribution in [2.24, 2.45) is 5.92 Å². The summed E-state index contributed by atoms with van der Waals surface area (Å²) in [6.45, 7) is 8.68. The van der Waals surface area contributed by atoms with Crippen molar-refractivity contribution >= 4 is 5.97 Å². The molecule has 0 heterocycles. The second-order valence-electron chi connectivity index (χ2n) is 4.79. The number of hydrogen-bond donors (Lipinski definition) is 1. The molecule has 0 spiro atoms. The van der Waals surface area contributed by atoms with Gasteiger partial charge in [0.25, 0.3) is 0 Å². The summed E-state index contributed by atoms with van der Waals surface area (Å²) in [5, 5.41) is 8.62. The van der Waals surface area contributed by atoms with E-state index in [1.165, 1.54) is 12.8 Å². The number of carbonyl (C=O) groups is 1. The minimum Gasteiger partial charge on any atom is -0.462 e. The average molecular weight is 256 g/mol. The van der Waals surface area contributed by atoms with Crippen molar-refractivity contribution in [3.63, 3.8) is 0 Å². The van der Waals surface area contributed by atoms with Gasteiger partial charge in [-0.3, -0.25) is 0 Å². The van der Waals surface area contributed by atoms with Crippen molar-refractivity contribution in [3.05, 3.63) is 12.2 Å². The third kappa shape index (κ3) is 8.29. The van der Waals surface area contributed by atoms with Gasteiger partial charge in [0.05, 0.1) is 6.61 Å². The van der Waals surface area contributed by atoms with E-state index in [1.54, 1.807) is 0 Å². The molecular weight excluding hydrogens is 228 g/mol. The molecule has 0 radical (unpaired) electrons. The van der Waals surface area contributed by atoms with Gasteiger partial charge in [-0.1, -0.05) is 46.1 Å². The van der Waals surface area contributed by atoms with Gasteiger partial charge < -0.3 is 9.84 Å². The summed E-state index contributed by atoms with van der Waals surface area (Å²) in [5.41, 5.74) is 0.585. The van der Waals surface area contributed by atoms with Crippen LogP contribution in [-0.4, -0.2) is 24.3 Å². The minimum atomic E-state index is -0.275. The largest absolute Gasteiger partial charge is 0.462 e. The summed E-state index contributed by atoms with van der Waals surface area (Å²) in [6, 6.07) is 0. The molecule has 3 nitrogen and oxygen atoms in total. The molecule has 18 heavy (non-hydrogen) atoms. The minimum absolute atomic E-state index is 0.146. The van der Waals surface area contributed by atoms with Crippen molar-refractivity contribution in [3.8, 4) is 0 Å². The third-order valence-corrected chi connectivity index (χ3v) is 3.15. The molecule has 1 unspecified atom stereocenters. The maximum Gasteiger partial charge on any atom is 0.333 e. The molecule has 106 valence electrons. The van der Waals surface area contributed by atoms with E-state index in [0.717, 1.165) is 19.3 Å². The first-order valence-corrected chi connectivity index (χ1v) is 7.11. The van der Waals surface area contributed by atoms with Crippen molar-refractivity contribution in [1.29, 1.82) is 0 Å². The van der Waals surface area contributed by atoms with E-state index in [0.29, 0.717) is 30.9 Å². The Labute approximate surface area is 111 Å². The standard InChI is InChI=1S/C15H28O3/c1-4-6-9-14(5-2)12-13(3)15(17)18-11-8-7-10-16/h14,16H,3-12H2,1-2H3. The Morgan fingerprint density at radius 1 is 1.28 bits per heavy atom. The van der Waals surface area contributed by atoms with E-state index in [4.69, 9.17) is 9.84 Å². The highest BCUT2D eigenvalue weighted by Gasteiger charge is 2.14. The number of carbonyl (C=O) groups excluding carboxylic acids is 1. The summed E-state index contributed by atoms with van der Waals surface area (Å²) < 4.78 is 5.11. The fourth-order valence-electron chi connectivity index (χ4n) is 1.86. The quantitative estimate of drug-likeness (QED) is 0.350. The summed E-state index contributed by atoms with van der Waals surface area (Å²) in [4.78, 5) is 11.6. The first-order chi connectivity index (χ1) is 8.65. The molecule has 0 saturated heterocycles. The van der Waals surface area contributed by atoms with Gasteiger partial charge in [0, 0.05) is 12.2 Å². The third-order valence-electron chi connectivity index (χ3n) is 3.15. The highest BCUT2D eigenvalue weighted by Crippen LogP contribution is 2.21. The predicted molar refractivity (Wildman–Crippen MR) is 74.3 cm³/mol. The van der Waals surface area contributed by atoms with Gasteiger partial charge in [0.2, 0.25) is 0 Å². The number of esters is 1. The topological polar surface area (TPSA) is 46.5 Å². The smallest absolute Gasteiger partial charge is 0.333 e. The first kappa shape index (κ1) is 17.2. The van der Waals surface area contributed by atoms with E-state index in [-0.39, 0.29) is 12.6 Å². The maximum absolute atomic E-state index is 11.6. The van der Waals surface area contributed by atoms with Gasteiger partial charge >= 0.3 is 5.97 Å². The zero-order chi connectivity index (χ0) is 13.8. The lowest BCUT2D eigenvalue weighted by Gasteiger charge is -2.15. The molecule has 0 rings (SSSR count). The monoisotopic (exact) mass is 256 g/mol. The molecule has 0 amide bonds. The van der Waals surface area contributed by atoms with Gasteiger partial charge in [-0.25, -0.2) is 4.79 Å². The Kier molecular flexibility index (Phi) is 10.8. The number of unbranched alkanes of at least 4 members (excludes halogenated alkanes) is 2. The van der Waals surface area contributed by atoms with Crippen molar-refractivity contribution in [2.45, 2.75) is 58.8 Å². The van der Waals surface area contributed by atoms with Gasteiger partial charge in [-0.2, -0.15) is 0 Å². The molecular formula is C15H28O3. The summed E-state index contributed by atoms with van der Waals surface area (Å²) in [6.07, 6.45) is 6.76. The maximum atomic E-state index is 11.6. The fraction of sp³-hybridized carbons (Fsp3) is 0.800. The molecule has 0 fully saturated rings. The lowest BCUT2D eigenvalue weighted by atomic mass is 9.92. The molecule has 0 bridgehead atoms. The number of aliphatic hydroxyl groups is 1. The van der Waals surface area contributed by atoms with Crippen LogP contribution in [0.5, 0.6) is 0 Å². The summed E-state index contributed by atoms with van der Waals surface area (Å²) >= 11 is 0. The van der Waals surface area contributed by atoms with Gasteiger partial charge in [-0.05, 0) is 25.2 Å². The highest BCUT2D eigenvalue weighted by atomic mass is 16.5. The van der Waals surface area contributed by atoms with Crippen LogP contribution in [0.1, 0.15) is 58.8 Å². The fourth-order valence-corrected chi connectivity index (χ4v) is 1.86. The van der Waals surface area contributed by atoms with Gasteiger partial charge in [0.15, 0.2) is 0 Å². The predicted octanol–water partition coefficient (Wildman–Crippen LogP) is 3.46. The second kappa shape index (κ2) is 11.3. The lowest BCUT2D eigenvalue weighted by Crippen LogP contribution is -2.12. The summed E-state index contributed by atoms with van der Waals surface area (Å²) in [7, 11) is 0. The van der Waals surface area contributed by atoms with Crippen molar-refractivity contribution < 1.29 is 14.6 Å². The van der Waals surface area contributed by atoms with Gasteiger partial charge in [0.1, 0.15) is 0 Å². The molecule has 0 aliphatic rings. The second-order valence-corrected chi connectivity index (χ2v) is 4.79. The molecule has 0 aliphatic heterocycles. The summed E-state index contributed by atoms with van der Waals surface area (Å²) in [5.74, 6) is 0.269. The van der Waals surface area contributed by atoms with E-state index in [1.807, 2.05) is 0 Å². The van der Waals surface area contributed by atoms with Crippen molar-refractivity contribution in [1.82, 2.24) is 0 Å². The zero-order valence-electron chi connectivity index (χ0n) is 11.9. The molecule has 0 aromatic heterocycles. The number of hydrogen-bond acceptors (Lipinski definition) is 3. The van der Waals surface area contributed by atoms with Crippen LogP contribution in [0.4, 0.5) is 0 Å². The van der Waals surface area contributed by atoms with E-state index < -0.39 is 0 Å². The Balaban J connectivity index is 3.86. The molecule has 3 heteroatoms. The Morgan fingerprint density at radius 3 is 2.56 bits per heavy atom. The van der Waals surface area contributed by atoms with E-state index in [2.05, 4.69) is 20.4 Å². The van der Waals surface area contributed by atoms with Crippen LogP contribution in [0, 0.1) is 5.92 Å². The molecule has 0 saturated carbocycles. The highest BCUT2D eigenvalue weighted by molar-refractivity contribution is 5.87. The van der Waals surface area contributed by atoms with Crippen LogP contribution < -0.4 is 0 Å². The SMILES string of the molecule is C=C(CC(CC)CCCC)C(=O)OCCCCO. The molecule has 0 aromatic rings. The number of aliphatic hydroxyl groups excluding tert-OH is 1. The van der Waals surface area contributed by atoms with Crippen molar-refractivity contribution in [2.75, 3.05) is 13.2 Å². The van der Waals surface area contributed by atoms with Crippen LogP contribution in [-0.2, 0) is 9.53 Å². The molecule has 0 aliphatic carbocycles. The number of ether oxygens (including phenoxy) is 1. The Bertz CT molecular complexity index is 236. The first-order valence-electron chi connectivity index (χ1n) is 7.11. The Morgan fingerprint density at radius 2 is 2.00 bits per heavy atom. The molecule has 1 N–H and O–H groups in total. The number of rotatable bonds is 11. The van der Waals surface area contributed by atoms with Crippen LogP contribution in [0.25, 0.3) is 0 Å². The van der Waals surface area contributed by atoms with Crippen LogP contribution in [0.2, 0.25) is 0 Å². The van der Waals surface area contributed by atoms with Crippen LogP contribution in [0.3, 0.4) is 0 Å². The zero-order valence-corrected chi connectivity index (χ0v) is 11.9. The van der Waals surface area contributed by atoms with E-state index in [9.17, 15) is 4.79 Å². The molecule has 0 aromatic carbocycles.